The predicted octanol–water partition coefficient (Wildman–Crippen LogP) is 0.894. The summed E-state index contributed by atoms with van der Waals surface area (Å²) < 4.78 is 1.62. The molecule has 1 saturated carbocycles. The van der Waals surface area contributed by atoms with Gasteiger partial charge < -0.3 is 16.2 Å². The van der Waals surface area contributed by atoms with Crippen molar-refractivity contribution >= 4 is 11.6 Å². The highest BCUT2D eigenvalue weighted by Gasteiger charge is 2.32. The van der Waals surface area contributed by atoms with Crippen LogP contribution in [-0.4, -0.2) is 32.9 Å². The first-order chi connectivity index (χ1) is 9.47. The summed E-state index contributed by atoms with van der Waals surface area (Å²) in [5.74, 6) is -0.119. The standard InChI is InChI=1S/C14H24N4O2/c1-10-13(15)11(2)18(17-10)8-12(20)16-14(9-19)6-4-3-5-7-14/h19H,3-9,15H2,1-2H3,(H,16,20). The number of aromatic nitrogens is 2. The SMILES string of the molecule is Cc1nn(CC(=O)NC2(CO)CCCCC2)c(C)c1N. The molecule has 1 aliphatic rings. The molecule has 20 heavy (non-hydrogen) atoms. The van der Waals surface area contributed by atoms with E-state index in [1.807, 2.05) is 13.8 Å². The van der Waals surface area contributed by atoms with Crippen LogP contribution in [0.1, 0.15) is 43.5 Å². The Kier molecular flexibility index (Phi) is 4.32. The van der Waals surface area contributed by atoms with E-state index in [1.165, 1.54) is 6.42 Å². The molecule has 6 nitrogen and oxygen atoms in total. The lowest BCUT2D eigenvalue weighted by Crippen LogP contribution is -2.53. The molecule has 1 aliphatic carbocycles. The van der Waals surface area contributed by atoms with Crippen molar-refractivity contribution in [3.05, 3.63) is 11.4 Å². The first kappa shape index (κ1) is 14.8. The molecule has 1 fully saturated rings. The van der Waals surface area contributed by atoms with Crippen LogP contribution in [0, 0.1) is 13.8 Å². The molecule has 112 valence electrons. The van der Waals surface area contributed by atoms with Crippen molar-refractivity contribution in [2.75, 3.05) is 12.3 Å². The molecule has 1 aromatic heterocycles. The largest absolute Gasteiger partial charge is 0.396 e. The van der Waals surface area contributed by atoms with Gasteiger partial charge in [0, 0.05) is 0 Å². The van der Waals surface area contributed by atoms with Crippen LogP contribution in [0.5, 0.6) is 0 Å². The maximum Gasteiger partial charge on any atom is 0.242 e. The van der Waals surface area contributed by atoms with Gasteiger partial charge in [-0.1, -0.05) is 19.3 Å². The van der Waals surface area contributed by atoms with Gasteiger partial charge in [-0.3, -0.25) is 9.48 Å². The number of carbonyl (C=O) groups excluding carboxylic acids is 1. The van der Waals surface area contributed by atoms with Crippen LogP contribution in [-0.2, 0) is 11.3 Å². The number of nitrogens with two attached hydrogens (primary N) is 1. The summed E-state index contributed by atoms with van der Waals surface area (Å²) >= 11 is 0. The molecule has 4 N–H and O–H groups in total. The normalized spacial score (nSPS) is 17.9. The van der Waals surface area contributed by atoms with Crippen molar-refractivity contribution in [3.8, 4) is 0 Å². The zero-order chi connectivity index (χ0) is 14.8. The van der Waals surface area contributed by atoms with Crippen molar-refractivity contribution in [3.63, 3.8) is 0 Å². The van der Waals surface area contributed by atoms with Gasteiger partial charge in [0.05, 0.1) is 29.2 Å². The van der Waals surface area contributed by atoms with E-state index in [9.17, 15) is 9.90 Å². The fourth-order valence-electron chi connectivity index (χ4n) is 2.89. The molecule has 0 aliphatic heterocycles. The van der Waals surface area contributed by atoms with Gasteiger partial charge in [-0.25, -0.2) is 0 Å². The monoisotopic (exact) mass is 280 g/mol. The lowest BCUT2D eigenvalue weighted by molar-refractivity contribution is -0.125. The van der Waals surface area contributed by atoms with Crippen molar-refractivity contribution < 1.29 is 9.90 Å². The zero-order valence-corrected chi connectivity index (χ0v) is 12.3. The number of aliphatic hydroxyl groups excluding tert-OH is 1. The van der Waals surface area contributed by atoms with Gasteiger partial charge >= 0.3 is 0 Å². The summed E-state index contributed by atoms with van der Waals surface area (Å²) in [7, 11) is 0. The molecule has 1 amide bonds. The Balaban J connectivity index is 2.02. The van der Waals surface area contributed by atoms with E-state index in [4.69, 9.17) is 5.73 Å². The summed E-state index contributed by atoms with van der Waals surface area (Å²) in [6, 6.07) is 0. The summed E-state index contributed by atoms with van der Waals surface area (Å²) in [6.45, 7) is 3.82. The van der Waals surface area contributed by atoms with Gasteiger partial charge in [0.15, 0.2) is 0 Å². The maximum atomic E-state index is 12.2. The Labute approximate surface area is 119 Å². The number of rotatable bonds is 4. The molecule has 0 spiro atoms. The van der Waals surface area contributed by atoms with Crippen molar-refractivity contribution in [2.24, 2.45) is 0 Å². The molecule has 0 saturated heterocycles. The van der Waals surface area contributed by atoms with Crippen LogP contribution in [0.3, 0.4) is 0 Å². The second-order valence-electron chi connectivity index (χ2n) is 5.79. The highest BCUT2D eigenvalue weighted by molar-refractivity contribution is 5.77. The van der Waals surface area contributed by atoms with E-state index < -0.39 is 5.54 Å². The molecular formula is C14H24N4O2. The van der Waals surface area contributed by atoms with Crippen molar-refractivity contribution in [1.29, 1.82) is 0 Å². The summed E-state index contributed by atoms with van der Waals surface area (Å²) in [5, 5.41) is 16.9. The van der Waals surface area contributed by atoms with Gasteiger partial charge in [-0.05, 0) is 26.7 Å². The number of nitrogens with one attached hydrogen (secondary N) is 1. The van der Waals surface area contributed by atoms with Gasteiger partial charge in [0.25, 0.3) is 0 Å². The third-order valence-electron chi connectivity index (χ3n) is 4.25. The lowest BCUT2D eigenvalue weighted by Gasteiger charge is -2.36. The molecule has 0 bridgehead atoms. The van der Waals surface area contributed by atoms with Crippen LogP contribution in [0.25, 0.3) is 0 Å². The smallest absolute Gasteiger partial charge is 0.242 e. The molecule has 0 aromatic carbocycles. The lowest BCUT2D eigenvalue weighted by atomic mass is 9.82. The number of carbonyl (C=O) groups is 1. The number of aryl methyl sites for hydroxylation is 1. The van der Waals surface area contributed by atoms with E-state index in [-0.39, 0.29) is 19.1 Å². The Hall–Kier alpha value is -1.56. The van der Waals surface area contributed by atoms with E-state index in [0.717, 1.165) is 37.1 Å². The molecule has 2 rings (SSSR count). The Bertz CT molecular complexity index is 490. The number of nitrogens with zero attached hydrogens (tertiary/aromatic N) is 2. The topological polar surface area (TPSA) is 93.2 Å². The van der Waals surface area contributed by atoms with Crippen molar-refractivity contribution in [1.82, 2.24) is 15.1 Å². The van der Waals surface area contributed by atoms with Gasteiger partial charge in [0.2, 0.25) is 5.91 Å². The summed E-state index contributed by atoms with van der Waals surface area (Å²) in [4.78, 5) is 12.2. The minimum atomic E-state index is -0.447. The number of nitrogen functional groups attached to an aromatic ring is 1. The number of aliphatic hydroxyl groups is 1. The number of anilines is 1. The average molecular weight is 280 g/mol. The molecule has 0 atom stereocenters. The fourth-order valence-corrected chi connectivity index (χ4v) is 2.89. The predicted molar refractivity (Wildman–Crippen MR) is 77.2 cm³/mol. The quantitative estimate of drug-likeness (QED) is 0.763. The number of amides is 1. The minimum Gasteiger partial charge on any atom is -0.396 e. The highest BCUT2D eigenvalue weighted by Crippen LogP contribution is 2.27. The van der Waals surface area contributed by atoms with Crippen LogP contribution < -0.4 is 11.1 Å². The van der Waals surface area contributed by atoms with E-state index >= 15 is 0 Å². The third kappa shape index (κ3) is 2.95. The fraction of sp³-hybridized carbons (Fsp3) is 0.714. The van der Waals surface area contributed by atoms with Crippen LogP contribution >= 0.6 is 0 Å². The molecule has 6 heteroatoms. The number of hydrogen-bond acceptors (Lipinski definition) is 4. The van der Waals surface area contributed by atoms with Crippen LogP contribution in [0.2, 0.25) is 0 Å². The Morgan fingerprint density at radius 2 is 2.05 bits per heavy atom. The second-order valence-corrected chi connectivity index (χ2v) is 5.79. The first-order valence-corrected chi connectivity index (χ1v) is 7.19. The van der Waals surface area contributed by atoms with Gasteiger partial charge in [-0.2, -0.15) is 5.10 Å². The average Bonchev–Trinajstić information content (AvgIpc) is 2.67. The molecule has 0 unspecified atom stereocenters. The molecular weight excluding hydrogens is 256 g/mol. The second kappa shape index (κ2) is 5.83. The summed E-state index contributed by atoms with van der Waals surface area (Å²) in [5.41, 5.74) is 7.59. The van der Waals surface area contributed by atoms with Gasteiger partial charge in [-0.15, -0.1) is 0 Å². The van der Waals surface area contributed by atoms with E-state index in [0.29, 0.717) is 5.69 Å². The Morgan fingerprint density at radius 1 is 1.40 bits per heavy atom. The first-order valence-electron chi connectivity index (χ1n) is 7.19. The summed E-state index contributed by atoms with van der Waals surface area (Å²) in [6.07, 6.45) is 4.95. The molecule has 0 radical (unpaired) electrons. The van der Waals surface area contributed by atoms with Gasteiger partial charge in [0.1, 0.15) is 6.54 Å². The van der Waals surface area contributed by atoms with E-state index in [2.05, 4.69) is 10.4 Å². The van der Waals surface area contributed by atoms with Crippen LogP contribution in [0.15, 0.2) is 0 Å². The molecule has 1 aromatic rings. The van der Waals surface area contributed by atoms with Crippen LogP contribution in [0.4, 0.5) is 5.69 Å². The third-order valence-corrected chi connectivity index (χ3v) is 4.25. The maximum absolute atomic E-state index is 12.2. The minimum absolute atomic E-state index is 0.00199. The molecule has 1 heterocycles. The zero-order valence-electron chi connectivity index (χ0n) is 12.3. The Morgan fingerprint density at radius 3 is 2.55 bits per heavy atom. The highest BCUT2D eigenvalue weighted by atomic mass is 16.3. The number of hydrogen-bond donors (Lipinski definition) is 3. The van der Waals surface area contributed by atoms with Crippen molar-refractivity contribution in [2.45, 2.75) is 58.0 Å². The van der Waals surface area contributed by atoms with E-state index in [1.54, 1.807) is 4.68 Å².